The van der Waals surface area contributed by atoms with Crippen LogP contribution in [0.4, 0.5) is 0 Å². The van der Waals surface area contributed by atoms with Gasteiger partial charge in [0.1, 0.15) is 11.3 Å². The minimum absolute atomic E-state index is 0.282. The predicted octanol–water partition coefficient (Wildman–Crippen LogP) is 2.25. The highest BCUT2D eigenvalue weighted by Gasteiger charge is 2.08. The number of benzene rings is 1. The Bertz CT molecular complexity index is 434. The summed E-state index contributed by atoms with van der Waals surface area (Å²) in [6.07, 6.45) is 1.69. The van der Waals surface area contributed by atoms with Crippen molar-refractivity contribution in [3.8, 4) is 5.75 Å². The molecule has 74 valence electrons. The third-order valence-electron chi connectivity index (χ3n) is 2.22. The second kappa shape index (κ2) is 3.72. The second-order valence-corrected chi connectivity index (χ2v) is 3.19. The molecule has 0 bridgehead atoms. The van der Waals surface area contributed by atoms with E-state index in [1.165, 1.54) is 0 Å². The van der Waals surface area contributed by atoms with Crippen molar-refractivity contribution in [1.29, 1.82) is 0 Å². The molecule has 0 saturated heterocycles. The predicted molar refractivity (Wildman–Crippen MR) is 55.3 cm³/mol. The normalized spacial score (nSPS) is 10.9. The number of furan rings is 1. The molecule has 0 atom stereocenters. The molecular weight excluding hydrogens is 178 g/mol. The van der Waals surface area contributed by atoms with E-state index >= 15 is 0 Å². The molecule has 0 unspecified atom stereocenters. The molecule has 1 heterocycles. The summed E-state index contributed by atoms with van der Waals surface area (Å²) >= 11 is 0. The van der Waals surface area contributed by atoms with Crippen molar-refractivity contribution in [3.63, 3.8) is 0 Å². The maximum absolute atomic E-state index is 9.65. The van der Waals surface area contributed by atoms with Gasteiger partial charge in [-0.25, -0.2) is 0 Å². The fourth-order valence-corrected chi connectivity index (χ4v) is 1.52. The smallest absolute Gasteiger partial charge is 0.137 e. The van der Waals surface area contributed by atoms with Crippen molar-refractivity contribution in [2.75, 3.05) is 6.54 Å². The van der Waals surface area contributed by atoms with Crippen molar-refractivity contribution in [2.45, 2.75) is 13.5 Å². The first kappa shape index (κ1) is 9.09. The molecule has 2 N–H and O–H groups in total. The molecular formula is C11H13NO2. The fraction of sp³-hybridized carbons (Fsp3) is 0.273. The summed E-state index contributed by atoms with van der Waals surface area (Å²) < 4.78 is 5.33. The zero-order chi connectivity index (χ0) is 9.97. The van der Waals surface area contributed by atoms with Gasteiger partial charge in [-0.15, -0.1) is 0 Å². The van der Waals surface area contributed by atoms with Gasteiger partial charge in [-0.2, -0.15) is 0 Å². The van der Waals surface area contributed by atoms with Crippen LogP contribution in [-0.2, 0) is 6.54 Å². The van der Waals surface area contributed by atoms with Gasteiger partial charge >= 0.3 is 0 Å². The molecule has 2 aromatic rings. The van der Waals surface area contributed by atoms with Gasteiger partial charge in [-0.1, -0.05) is 13.0 Å². The van der Waals surface area contributed by atoms with E-state index < -0.39 is 0 Å². The van der Waals surface area contributed by atoms with E-state index in [9.17, 15) is 5.11 Å². The summed E-state index contributed by atoms with van der Waals surface area (Å²) in [6, 6.07) is 5.30. The molecule has 3 nitrogen and oxygen atoms in total. The van der Waals surface area contributed by atoms with Crippen LogP contribution in [0, 0.1) is 0 Å². The van der Waals surface area contributed by atoms with Crippen LogP contribution >= 0.6 is 0 Å². The SMILES string of the molecule is CCNCc1coc2cccc(O)c12. The number of rotatable bonds is 3. The molecule has 1 aromatic carbocycles. The zero-order valence-electron chi connectivity index (χ0n) is 8.08. The molecule has 0 fully saturated rings. The van der Waals surface area contributed by atoms with Crippen molar-refractivity contribution >= 4 is 11.0 Å². The summed E-state index contributed by atoms with van der Waals surface area (Å²) in [5.41, 5.74) is 1.73. The Kier molecular flexibility index (Phi) is 2.41. The van der Waals surface area contributed by atoms with Crippen LogP contribution in [0.15, 0.2) is 28.9 Å². The van der Waals surface area contributed by atoms with Crippen molar-refractivity contribution in [1.82, 2.24) is 5.32 Å². The lowest BCUT2D eigenvalue weighted by Gasteiger charge is -1.99. The van der Waals surface area contributed by atoms with Crippen molar-refractivity contribution < 1.29 is 9.52 Å². The van der Waals surface area contributed by atoms with Crippen molar-refractivity contribution in [3.05, 3.63) is 30.0 Å². The first-order valence-electron chi connectivity index (χ1n) is 4.71. The minimum atomic E-state index is 0.282. The lowest BCUT2D eigenvalue weighted by atomic mass is 10.1. The highest BCUT2D eigenvalue weighted by molar-refractivity contribution is 5.87. The average Bonchev–Trinajstić information content (AvgIpc) is 2.59. The van der Waals surface area contributed by atoms with Gasteiger partial charge in [0.25, 0.3) is 0 Å². The molecule has 2 rings (SSSR count). The van der Waals surface area contributed by atoms with Crippen LogP contribution < -0.4 is 5.32 Å². The minimum Gasteiger partial charge on any atom is -0.507 e. The molecule has 0 aliphatic heterocycles. The summed E-state index contributed by atoms with van der Waals surface area (Å²) in [7, 11) is 0. The van der Waals surface area contributed by atoms with Crippen LogP contribution in [0.25, 0.3) is 11.0 Å². The molecule has 0 saturated carbocycles. The number of hydrogen-bond acceptors (Lipinski definition) is 3. The molecule has 0 spiro atoms. The Morgan fingerprint density at radius 1 is 1.43 bits per heavy atom. The number of phenols is 1. The van der Waals surface area contributed by atoms with Gasteiger partial charge in [0, 0.05) is 12.1 Å². The van der Waals surface area contributed by atoms with Crippen LogP contribution in [0.5, 0.6) is 5.75 Å². The molecule has 3 heteroatoms. The van der Waals surface area contributed by atoms with Crippen molar-refractivity contribution in [2.24, 2.45) is 0 Å². The van der Waals surface area contributed by atoms with Crippen LogP contribution in [-0.4, -0.2) is 11.7 Å². The molecule has 14 heavy (non-hydrogen) atoms. The summed E-state index contributed by atoms with van der Waals surface area (Å²) in [6.45, 7) is 3.67. The molecule has 0 aliphatic carbocycles. The Labute approximate surface area is 82.3 Å². The van der Waals surface area contributed by atoms with Gasteiger partial charge in [0.05, 0.1) is 11.6 Å². The number of aromatic hydroxyl groups is 1. The first-order chi connectivity index (χ1) is 6.83. The van der Waals surface area contributed by atoms with E-state index in [0.717, 1.165) is 29.6 Å². The topological polar surface area (TPSA) is 45.4 Å². The summed E-state index contributed by atoms with van der Waals surface area (Å²) in [5, 5.41) is 13.7. The summed E-state index contributed by atoms with van der Waals surface area (Å²) in [4.78, 5) is 0. The number of hydrogen-bond donors (Lipinski definition) is 2. The second-order valence-electron chi connectivity index (χ2n) is 3.19. The molecule has 0 amide bonds. The van der Waals surface area contributed by atoms with Crippen LogP contribution in [0.2, 0.25) is 0 Å². The number of phenolic OH excluding ortho intramolecular Hbond substituents is 1. The largest absolute Gasteiger partial charge is 0.507 e. The lowest BCUT2D eigenvalue weighted by molar-refractivity contribution is 0.481. The maximum atomic E-state index is 9.65. The fourth-order valence-electron chi connectivity index (χ4n) is 1.52. The Hall–Kier alpha value is -1.48. The Morgan fingerprint density at radius 3 is 3.07 bits per heavy atom. The van der Waals surface area contributed by atoms with E-state index in [1.54, 1.807) is 18.4 Å². The Balaban J connectivity index is 2.45. The van der Waals surface area contributed by atoms with E-state index in [0.29, 0.717) is 0 Å². The highest BCUT2D eigenvalue weighted by atomic mass is 16.3. The van der Waals surface area contributed by atoms with E-state index in [4.69, 9.17) is 4.42 Å². The summed E-state index contributed by atoms with van der Waals surface area (Å²) in [5.74, 6) is 0.282. The molecule has 0 radical (unpaired) electrons. The molecule has 0 aliphatic rings. The number of fused-ring (bicyclic) bond motifs is 1. The van der Waals surface area contributed by atoms with E-state index in [2.05, 4.69) is 5.32 Å². The quantitative estimate of drug-likeness (QED) is 0.782. The van der Waals surface area contributed by atoms with E-state index in [-0.39, 0.29) is 5.75 Å². The van der Waals surface area contributed by atoms with Gasteiger partial charge < -0.3 is 14.8 Å². The maximum Gasteiger partial charge on any atom is 0.137 e. The Morgan fingerprint density at radius 2 is 2.29 bits per heavy atom. The van der Waals surface area contributed by atoms with Gasteiger partial charge in [0.15, 0.2) is 0 Å². The third kappa shape index (κ3) is 1.46. The van der Waals surface area contributed by atoms with Crippen LogP contribution in [0.3, 0.4) is 0 Å². The van der Waals surface area contributed by atoms with E-state index in [1.807, 2.05) is 13.0 Å². The molecule has 1 aromatic heterocycles. The van der Waals surface area contributed by atoms with Gasteiger partial charge in [-0.05, 0) is 18.7 Å². The van der Waals surface area contributed by atoms with Gasteiger partial charge in [0.2, 0.25) is 0 Å². The average molecular weight is 191 g/mol. The zero-order valence-corrected chi connectivity index (χ0v) is 8.08. The standard InChI is InChI=1S/C11H13NO2/c1-2-12-6-8-7-14-10-5-3-4-9(13)11(8)10/h3-5,7,12-13H,2,6H2,1H3. The highest BCUT2D eigenvalue weighted by Crippen LogP contribution is 2.29. The van der Waals surface area contributed by atoms with Crippen LogP contribution in [0.1, 0.15) is 12.5 Å². The first-order valence-corrected chi connectivity index (χ1v) is 4.71. The lowest BCUT2D eigenvalue weighted by Crippen LogP contribution is -2.11. The van der Waals surface area contributed by atoms with Gasteiger partial charge in [-0.3, -0.25) is 0 Å². The number of nitrogens with one attached hydrogen (secondary N) is 1. The monoisotopic (exact) mass is 191 g/mol. The third-order valence-corrected chi connectivity index (χ3v) is 2.22.